The smallest absolute Gasteiger partial charge is 0.335 e. The van der Waals surface area contributed by atoms with Crippen LogP contribution < -0.4 is 0 Å². The minimum atomic E-state index is -1.92. The normalized spacial score (nSPS) is 18.2. The number of unbranched alkanes of at least 4 members (excludes halogenated alkanes) is 26. The van der Waals surface area contributed by atoms with Crippen LogP contribution in [0, 0.1) is 0 Å². The number of carboxylic acids is 1. The van der Waals surface area contributed by atoms with Crippen LogP contribution >= 0.6 is 0 Å². The van der Waals surface area contributed by atoms with Gasteiger partial charge in [0.05, 0.1) is 6.61 Å². The molecule has 0 radical (unpaired) electrons. The lowest BCUT2D eigenvalue weighted by atomic mass is 9.98. The minimum absolute atomic E-state index is 0.0487. The molecule has 0 aromatic carbocycles. The topological polar surface area (TPSA) is 175 Å². The summed E-state index contributed by atoms with van der Waals surface area (Å²) < 4.78 is 28.5. The Morgan fingerprint density at radius 3 is 1.22 bits per heavy atom. The molecule has 1 fully saturated rings. The monoisotopic (exact) mass is 1160 g/mol. The van der Waals surface area contributed by atoms with Crippen molar-refractivity contribution in [1.82, 2.24) is 0 Å². The third-order valence-electron chi connectivity index (χ3n) is 14.6. The van der Waals surface area contributed by atoms with Crippen molar-refractivity contribution >= 4 is 23.9 Å². The van der Waals surface area contributed by atoms with E-state index in [1.54, 1.807) is 0 Å². The first-order valence-corrected chi connectivity index (χ1v) is 33.2. The van der Waals surface area contributed by atoms with E-state index < -0.39 is 67.3 Å². The first-order valence-electron chi connectivity index (χ1n) is 33.2. The fraction of sp³-hybridized carbons (Fsp3) is 0.718. The van der Waals surface area contributed by atoms with E-state index in [0.717, 1.165) is 122 Å². The van der Waals surface area contributed by atoms with Crippen molar-refractivity contribution in [2.24, 2.45) is 0 Å². The number of hydrogen-bond donors (Lipinski definition) is 3. The Hall–Kier alpha value is -4.36. The zero-order valence-corrected chi connectivity index (χ0v) is 52.4. The molecule has 0 aliphatic carbocycles. The lowest BCUT2D eigenvalue weighted by molar-refractivity contribution is -0.301. The Labute approximate surface area is 504 Å². The summed E-state index contributed by atoms with van der Waals surface area (Å²) in [4.78, 5) is 51.4. The molecule has 1 aliphatic rings. The van der Waals surface area contributed by atoms with E-state index in [4.69, 9.17) is 23.7 Å². The van der Waals surface area contributed by atoms with Crippen molar-refractivity contribution in [2.45, 2.75) is 314 Å². The molecule has 0 bridgehead atoms. The van der Waals surface area contributed by atoms with E-state index >= 15 is 0 Å². The van der Waals surface area contributed by atoms with E-state index in [2.05, 4.69) is 118 Å². The van der Waals surface area contributed by atoms with Crippen molar-refractivity contribution in [3.63, 3.8) is 0 Å². The number of aliphatic carboxylic acids is 1. The fourth-order valence-electron chi connectivity index (χ4n) is 9.54. The van der Waals surface area contributed by atoms with Crippen LogP contribution in [0.4, 0.5) is 0 Å². The molecule has 1 aliphatic heterocycles. The van der Waals surface area contributed by atoms with E-state index in [9.17, 15) is 34.5 Å². The SMILES string of the molecule is CC/C=C\C/C=C\C/C=C\C/C=C\CCCCC(=O)OC(COC(=O)CCCCCCCC/C=C\C/C=C\C/C=C\CCCCC)COC1OC(C(=O)O)C(O)C(O)C1OC(=O)CCCCCCCCCCC/C=C\CCCCCCCC. The largest absolute Gasteiger partial charge is 0.479 e. The Kier molecular flexibility index (Phi) is 53.6. The van der Waals surface area contributed by atoms with Crippen LogP contribution in [0.3, 0.4) is 0 Å². The molecule has 12 nitrogen and oxygen atoms in total. The van der Waals surface area contributed by atoms with Crippen LogP contribution in [0.5, 0.6) is 0 Å². The zero-order chi connectivity index (χ0) is 60.3. The average Bonchev–Trinajstić information content (AvgIpc) is 3.60. The van der Waals surface area contributed by atoms with Crippen molar-refractivity contribution in [1.29, 1.82) is 0 Å². The van der Waals surface area contributed by atoms with Gasteiger partial charge in [0, 0.05) is 19.3 Å². The van der Waals surface area contributed by atoms with Gasteiger partial charge in [0.25, 0.3) is 0 Å². The van der Waals surface area contributed by atoms with E-state index in [1.807, 2.05) is 0 Å². The second-order valence-corrected chi connectivity index (χ2v) is 22.4. The Morgan fingerprint density at radius 1 is 0.410 bits per heavy atom. The summed E-state index contributed by atoms with van der Waals surface area (Å²) in [6, 6.07) is 0. The van der Waals surface area contributed by atoms with Crippen LogP contribution in [-0.2, 0) is 42.9 Å². The zero-order valence-electron chi connectivity index (χ0n) is 52.4. The molecule has 0 spiro atoms. The molecule has 0 aromatic heterocycles. The van der Waals surface area contributed by atoms with Gasteiger partial charge >= 0.3 is 23.9 Å². The quantitative estimate of drug-likeness (QED) is 0.0228. The van der Waals surface area contributed by atoms with Crippen LogP contribution in [0.15, 0.2) is 97.2 Å². The number of esters is 3. The van der Waals surface area contributed by atoms with Gasteiger partial charge in [-0.3, -0.25) is 14.4 Å². The molecule has 83 heavy (non-hydrogen) atoms. The highest BCUT2D eigenvalue weighted by molar-refractivity contribution is 5.74. The highest BCUT2D eigenvalue weighted by atomic mass is 16.7. The Bertz CT molecular complexity index is 1810. The molecule has 474 valence electrons. The predicted octanol–water partition coefficient (Wildman–Crippen LogP) is 18.0. The number of allylic oxidation sites excluding steroid dienone is 16. The van der Waals surface area contributed by atoms with Crippen LogP contribution in [-0.4, -0.2) is 89.2 Å². The van der Waals surface area contributed by atoms with Crippen LogP contribution in [0.1, 0.15) is 278 Å². The van der Waals surface area contributed by atoms with Crippen molar-refractivity contribution < 1.29 is 58.2 Å². The molecule has 6 unspecified atom stereocenters. The van der Waals surface area contributed by atoms with Crippen molar-refractivity contribution in [3.05, 3.63) is 97.2 Å². The average molecular weight is 1160 g/mol. The summed E-state index contributed by atoms with van der Waals surface area (Å²) >= 11 is 0. The minimum Gasteiger partial charge on any atom is -0.479 e. The molecular weight excluding hydrogens is 1040 g/mol. The van der Waals surface area contributed by atoms with Crippen molar-refractivity contribution in [3.8, 4) is 0 Å². The Morgan fingerprint density at radius 2 is 0.759 bits per heavy atom. The number of carbonyl (C=O) groups excluding carboxylic acids is 3. The Balaban J connectivity index is 2.67. The summed E-state index contributed by atoms with van der Waals surface area (Å²) in [6.45, 7) is 5.83. The summed E-state index contributed by atoms with van der Waals surface area (Å²) in [6.07, 6.45) is 65.1. The third kappa shape index (κ3) is 47.6. The number of carbonyl (C=O) groups is 4. The molecule has 12 heteroatoms. The molecule has 0 aromatic rings. The van der Waals surface area contributed by atoms with Gasteiger partial charge in [0.1, 0.15) is 18.8 Å². The molecule has 0 amide bonds. The van der Waals surface area contributed by atoms with Gasteiger partial charge in [0.2, 0.25) is 0 Å². The number of hydrogen-bond acceptors (Lipinski definition) is 11. The number of aliphatic hydroxyl groups excluding tert-OH is 2. The number of carboxylic acid groups (broad SMARTS) is 1. The first kappa shape index (κ1) is 76.7. The molecule has 1 rings (SSSR count). The maximum Gasteiger partial charge on any atom is 0.335 e. The third-order valence-corrected chi connectivity index (χ3v) is 14.6. The highest BCUT2D eigenvalue weighted by Gasteiger charge is 2.50. The maximum atomic E-state index is 13.2. The van der Waals surface area contributed by atoms with Gasteiger partial charge in [-0.25, -0.2) is 4.79 Å². The van der Waals surface area contributed by atoms with Crippen molar-refractivity contribution in [2.75, 3.05) is 13.2 Å². The second kappa shape index (κ2) is 58.0. The molecule has 6 atom stereocenters. The highest BCUT2D eigenvalue weighted by Crippen LogP contribution is 2.27. The summed E-state index contributed by atoms with van der Waals surface area (Å²) in [7, 11) is 0. The van der Waals surface area contributed by atoms with Crippen LogP contribution in [0.2, 0.25) is 0 Å². The predicted molar refractivity (Wildman–Crippen MR) is 340 cm³/mol. The lowest BCUT2D eigenvalue weighted by Crippen LogP contribution is -2.61. The molecule has 1 heterocycles. The molecule has 1 saturated heterocycles. The van der Waals surface area contributed by atoms with Gasteiger partial charge in [-0.05, 0) is 122 Å². The number of rotatable bonds is 56. The molecule has 3 N–H and O–H groups in total. The van der Waals surface area contributed by atoms with Gasteiger partial charge in [-0.2, -0.15) is 0 Å². The first-order chi connectivity index (χ1) is 40.6. The fourth-order valence-corrected chi connectivity index (χ4v) is 9.54. The van der Waals surface area contributed by atoms with Gasteiger partial charge in [0.15, 0.2) is 24.6 Å². The van der Waals surface area contributed by atoms with Crippen LogP contribution in [0.25, 0.3) is 0 Å². The summed E-state index contributed by atoms with van der Waals surface area (Å²) in [5.41, 5.74) is 0. The number of ether oxygens (including phenoxy) is 5. The molecular formula is C71H118O12. The lowest BCUT2D eigenvalue weighted by Gasteiger charge is -2.40. The van der Waals surface area contributed by atoms with E-state index in [0.29, 0.717) is 19.3 Å². The standard InChI is InChI=1S/C71H118O12/c1-4-7-10-13-16-19-22-25-28-30-32-34-37-39-42-45-48-51-54-57-63(72)79-60-62(81-64(73)58-55-52-49-46-43-40-36-27-24-21-18-15-12-9-6-3)61-80-71-69(67(76)66(75)68(83-71)70(77)78)82-65(74)59-56-53-50-47-44-41-38-35-33-31-29-26-23-20-17-14-11-8-5-2/h9,12,16,18-19,21,25-29,32,34,36,43,46,62,66-69,71,75-76H,4-8,10-11,13-15,17,20,22-24,30-31,33,35,37-42,44-45,47-61H2,1-3H3,(H,77,78)/b12-9-,19-16-,21-18-,28-25-,29-26-,34-32-,36-27-,46-43-. The summed E-state index contributed by atoms with van der Waals surface area (Å²) in [5.74, 6) is -3.19. The number of aliphatic hydroxyl groups is 2. The maximum absolute atomic E-state index is 13.2. The van der Waals surface area contributed by atoms with Gasteiger partial charge in [-0.15, -0.1) is 0 Å². The second-order valence-electron chi connectivity index (χ2n) is 22.4. The van der Waals surface area contributed by atoms with Gasteiger partial charge in [-0.1, -0.05) is 234 Å². The van der Waals surface area contributed by atoms with Gasteiger partial charge < -0.3 is 39.0 Å². The van der Waals surface area contributed by atoms with E-state index in [1.165, 1.54) is 96.3 Å². The molecule has 0 saturated carbocycles. The summed E-state index contributed by atoms with van der Waals surface area (Å²) in [5, 5.41) is 31.6. The van der Waals surface area contributed by atoms with E-state index in [-0.39, 0.29) is 25.9 Å².